The molecule has 1 heterocycles. The standard InChI is InChI=1S/C27H32N2O6/c1-18(24(30)29-15-13-27(17-29,34-2)25(31)32)8-7-14-28-26(33)35-16-23-21-11-5-3-9-19(21)20-10-4-6-12-22(20)23/h3-6,9-12,18,23H,7-8,13-17H2,1-2H3,(H,28,33)(H,31,32). The van der Waals surface area contributed by atoms with E-state index in [0.717, 1.165) is 11.1 Å². The van der Waals surface area contributed by atoms with Crippen molar-refractivity contribution < 1.29 is 29.0 Å². The quantitative estimate of drug-likeness (QED) is 0.531. The highest BCUT2D eigenvalue weighted by Gasteiger charge is 2.47. The molecule has 4 rings (SSSR count). The molecule has 0 spiro atoms. The van der Waals surface area contributed by atoms with Crippen molar-refractivity contribution in [2.24, 2.45) is 5.92 Å². The number of rotatable bonds is 9. The number of carbonyl (C=O) groups is 3. The van der Waals surface area contributed by atoms with E-state index in [1.807, 2.05) is 31.2 Å². The van der Waals surface area contributed by atoms with E-state index >= 15 is 0 Å². The van der Waals surface area contributed by atoms with Crippen molar-refractivity contribution in [1.29, 1.82) is 0 Å². The van der Waals surface area contributed by atoms with Crippen LogP contribution in [0.2, 0.25) is 0 Å². The molecule has 0 bridgehead atoms. The fraction of sp³-hybridized carbons (Fsp3) is 0.444. The van der Waals surface area contributed by atoms with Crippen molar-refractivity contribution in [3.05, 3.63) is 59.7 Å². The summed E-state index contributed by atoms with van der Waals surface area (Å²) >= 11 is 0. The van der Waals surface area contributed by atoms with Gasteiger partial charge >= 0.3 is 12.1 Å². The average Bonchev–Trinajstić information content (AvgIpc) is 3.45. The Bertz CT molecular complexity index is 1060. The lowest BCUT2D eigenvalue weighted by atomic mass is 9.98. The maximum Gasteiger partial charge on any atom is 0.407 e. The van der Waals surface area contributed by atoms with Crippen molar-refractivity contribution in [2.75, 3.05) is 33.4 Å². The van der Waals surface area contributed by atoms with E-state index < -0.39 is 17.7 Å². The minimum atomic E-state index is -1.32. The number of fused-ring (bicyclic) bond motifs is 3. The number of carboxylic acid groups (broad SMARTS) is 1. The Kier molecular flexibility index (Phi) is 7.40. The van der Waals surface area contributed by atoms with Crippen LogP contribution in [0.4, 0.5) is 4.79 Å². The first-order chi connectivity index (χ1) is 16.9. The Morgan fingerprint density at radius 2 is 1.74 bits per heavy atom. The van der Waals surface area contributed by atoms with Crippen LogP contribution in [0.5, 0.6) is 0 Å². The SMILES string of the molecule is COC1(C(=O)O)CCN(C(=O)C(C)CCCNC(=O)OCC2c3ccccc3-c3ccccc32)C1. The number of benzene rings is 2. The van der Waals surface area contributed by atoms with Gasteiger partial charge in [-0.2, -0.15) is 0 Å². The lowest BCUT2D eigenvalue weighted by Gasteiger charge is -2.24. The van der Waals surface area contributed by atoms with Gasteiger partial charge in [-0.15, -0.1) is 0 Å². The molecule has 1 saturated heterocycles. The Labute approximate surface area is 205 Å². The molecule has 0 radical (unpaired) electrons. The third kappa shape index (κ3) is 5.03. The number of likely N-dealkylation sites (tertiary alicyclic amines) is 1. The number of aliphatic carboxylic acids is 1. The molecule has 1 fully saturated rings. The molecule has 0 aromatic heterocycles. The lowest BCUT2D eigenvalue weighted by molar-refractivity contribution is -0.161. The summed E-state index contributed by atoms with van der Waals surface area (Å²) in [5.41, 5.74) is 3.37. The van der Waals surface area contributed by atoms with Crippen LogP contribution in [0, 0.1) is 5.92 Å². The van der Waals surface area contributed by atoms with Gasteiger partial charge in [0.15, 0.2) is 5.60 Å². The molecular weight excluding hydrogens is 448 g/mol. The van der Waals surface area contributed by atoms with Gasteiger partial charge in [-0.25, -0.2) is 9.59 Å². The first-order valence-corrected chi connectivity index (χ1v) is 12.0. The van der Waals surface area contributed by atoms with E-state index in [-0.39, 0.29) is 37.3 Å². The van der Waals surface area contributed by atoms with Crippen molar-refractivity contribution in [1.82, 2.24) is 10.2 Å². The van der Waals surface area contributed by atoms with Gasteiger partial charge in [0.2, 0.25) is 5.91 Å². The number of nitrogens with zero attached hydrogens (tertiary/aromatic N) is 1. The molecule has 8 nitrogen and oxygen atoms in total. The topological polar surface area (TPSA) is 105 Å². The number of methoxy groups -OCH3 is 1. The Balaban J connectivity index is 1.20. The molecule has 35 heavy (non-hydrogen) atoms. The minimum absolute atomic E-state index is 0.0104. The first kappa shape index (κ1) is 24.7. The van der Waals surface area contributed by atoms with Gasteiger partial charge in [-0.1, -0.05) is 55.5 Å². The summed E-state index contributed by atoms with van der Waals surface area (Å²) in [6, 6.07) is 16.4. The summed E-state index contributed by atoms with van der Waals surface area (Å²) in [6.07, 6.45) is 0.989. The number of alkyl carbamates (subject to hydrolysis) is 1. The van der Waals surface area contributed by atoms with Gasteiger partial charge in [0.25, 0.3) is 0 Å². The molecule has 0 saturated carbocycles. The monoisotopic (exact) mass is 480 g/mol. The largest absolute Gasteiger partial charge is 0.479 e. The third-order valence-corrected chi connectivity index (χ3v) is 7.17. The fourth-order valence-electron chi connectivity index (χ4n) is 5.08. The van der Waals surface area contributed by atoms with Crippen molar-refractivity contribution in [3.8, 4) is 11.1 Å². The number of nitrogens with one attached hydrogen (secondary N) is 1. The van der Waals surface area contributed by atoms with E-state index in [1.54, 1.807) is 4.90 Å². The fourth-order valence-corrected chi connectivity index (χ4v) is 5.08. The summed E-state index contributed by atoms with van der Waals surface area (Å²) in [4.78, 5) is 38.1. The van der Waals surface area contributed by atoms with Crippen molar-refractivity contribution in [3.63, 3.8) is 0 Å². The predicted octanol–water partition coefficient (Wildman–Crippen LogP) is 3.64. The molecular formula is C27H32N2O6. The maximum atomic E-state index is 12.7. The molecule has 2 aromatic carbocycles. The normalized spacial score (nSPS) is 19.7. The smallest absolute Gasteiger partial charge is 0.407 e. The van der Waals surface area contributed by atoms with E-state index in [4.69, 9.17) is 9.47 Å². The van der Waals surface area contributed by atoms with Crippen LogP contribution in [-0.2, 0) is 19.1 Å². The van der Waals surface area contributed by atoms with Crippen LogP contribution in [0.25, 0.3) is 11.1 Å². The van der Waals surface area contributed by atoms with E-state index in [2.05, 4.69) is 29.6 Å². The highest BCUT2D eigenvalue weighted by atomic mass is 16.5. The average molecular weight is 481 g/mol. The highest BCUT2D eigenvalue weighted by molar-refractivity contribution is 5.83. The van der Waals surface area contributed by atoms with Gasteiger partial charge in [0.05, 0.1) is 6.54 Å². The molecule has 8 heteroatoms. The molecule has 2 atom stereocenters. The zero-order valence-corrected chi connectivity index (χ0v) is 20.2. The third-order valence-electron chi connectivity index (χ3n) is 7.17. The van der Waals surface area contributed by atoms with Crippen molar-refractivity contribution in [2.45, 2.75) is 37.7 Å². The molecule has 1 aliphatic heterocycles. The maximum absolute atomic E-state index is 12.7. The summed E-state index contributed by atoms with van der Waals surface area (Å²) in [5.74, 6) is -1.40. The van der Waals surface area contributed by atoms with Crippen LogP contribution in [0.15, 0.2) is 48.5 Å². The van der Waals surface area contributed by atoms with Gasteiger partial charge in [0.1, 0.15) is 6.61 Å². The number of carboxylic acids is 1. The number of hydrogen-bond acceptors (Lipinski definition) is 5. The number of ether oxygens (including phenoxy) is 2. The predicted molar refractivity (Wildman–Crippen MR) is 130 cm³/mol. The van der Waals surface area contributed by atoms with Gasteiger partial charge in [0, 0.05) is 38.5 Å². The van der Waals surface area contributed by atoms with Crippen LogP contribution in [-0.4, -0.2) is 66.9 Å². The number of hydrogen-bond donors (Lipinski definition) is 2. The Morgan fingerprint density at radius 1 is 1.11 bits per heavy atom. The zero-order chi connectivity index (χ0) is 25.0. The second-order valence-electron chi connectivity index (χ2n) is 9.31. The van der Waals surface area contributed by atoms with E-state index in [9.17, 15) is 19.5 Å². The van der Waals surface area contributed by atoms with Crippen LogP contribution >= 0.6 is 0 Å². The molecule has 2 N–H and O–H groups in total. The number of carbonyl (C=O) groups excluding carboxylic acids is 2. The summed E-state index contributed by atoms with van der Waals surface area (Å²) in [5, 5.41) is 12.2. The Hall–Kier alpha value is -3.39. The van der Waals surface area contributed by atoms with Gasteiger partial charge in [-0.3, -0.25) is 4.79 Å². The molecule has 2 aliphatic rings. The summed E-state index contributed by atoms with van der Waals surface area (Å²) in [6.45, 7) is 2.89. The molecule has 2 aromatic rings. The van der Waals surface area contributed by atoms with Crippen molar-refractivity contribution >= 4 is 18.0 Å². The minimum Gasteiger partial charge on any atom is -0.479 e. The summed E-state index contributed by atoms with van der Waals surface area (Å²) < 4.78 is 10.7. The van der Waals surface area contributed by atoms with Crippen LogP contribution < -0.4 is 5.32 Å². The summed E-state index contributed by atoms with van der Waals surface area (Å²) in [7, 11) is 1.36. The molecule has 1 aliphatic carbocycles. The van der Waals surface area contributed by atoms with Gasteiger partial charge < -0.3 is 24.8 Å². The molecule has 2 amide bonds. The van der Waals surface area contributed by atoms with Gasteiger partial charge in [-0.05, 0) is 35.1 Å². The second kappa shape index (κ2) is 10.5. The molecule has 186 valence electrons. The zero-order valence-electron chi connectivity index (χ0n) is 20.2. The molecule has 2 unspecified atom stereocenters. The van der Waals surface area contributed by atoms with Crippen LogP contribution in [0.3, 0.4) is 0 Å². The number of amides is 2. The van der Waals surface area contributed by atoms with E-state index in [1.165, 1.54) is 18.2 Å². The second-order valence-corrected chi connectivity index (χ2v) is 9.31. The first-order valence-electron chi connectivity index (χ1n) is 12.0. The van der Waals surface area contributed by atoms with Crippen LogP contribution in [0.1, 0.15) is 43.2 Å². The van der Waals surface area contributed by atoms with E-state index in [0.29, 0.717) is 25.9 Å². The Morgan fingerprint density at radius 3 is 2.31 bits per heavy atom. The highest BCUT2D eigenvalue weighted by Crippen LogP contribution is 2.44. The lowest BCUT2D eigenvalue weighted by Crippen LogP contribution is -2.45.